The summed E-state index contributed by atoms with van der Waals surface area (Å²) in [4.78, 5) is 26.7. The van der Waals surface area contributed by atoms with Crippen molar-refractivity contribution in [1.29, 1.82) is 0 Å². The molecule has 32 heavy (non-hydrogen) atoms. The van der Waals surface area contributed by atoms with Crippen molar-refractivity contribution < 1.29 is 23.5 Å². The predicted molar refractivity (Wildman–Crippen MR) is 126 cm³/mol. The molecule has 2 amide bonds. The number of para-hydroxylation sites is 1. The number of rotatable bonds is 6. The highest BCUT2D eigenvalue weighted by atomic mass is 79.9. The van der Waals surface area contributed by atoms with Crippen LogP contribution in [0.1, 0.15) is 11.1 Å². The van der Waals surface area contributed by atoms with Crippen LogP contribution in [0, 0.1) is 5.82 Å². The topological polar surface area (TPSA) is 55.8 Å². The van der Waals surface area contributed by atoms with E-state index in [0.717, 1.165) is 16.7 Å². The zero-order chi connectivity index (χ0) is 22.7. The Morgan fingerprint density at radius 2 is 1.81 bits per heavy atom. The highest BCUT2D eigenvalue weighted by Crippen LogP contribution is 2.39. The predicted octanol–water partition coefficient (Wildman–Crippen LogP) is 6.42. The van der Waals surface area contributed by atoms with Gasteiger partial charge in [-0.3, -0.25) is 9.59 Å². The number of carbonyl (C=O) groups excluding carboxylic acids is 2. The number of ether oxygens (including phenoxy) is 2. The number of nitrogens with zero attached hydrogens (tertiary/aromatic N) is 1. The molecule has 1 fully saturated rings. The van der Waals surface area contributed by atoms with E-state index in [4.69, 9.17) is 9.47 Å². The number of anilines is 1. The van der Waals surface area contributed by atoms with Crippen molar-refractivity contribution in [1.82, 2.24) is 0 Å². The largest absolute Gasteiger partial charge is 0.493 e. The molecule has 0 aliphatic carbocycles. The third-order valence-corrected chi connectivity index (χ3v) is 6.22. The van der Waals surface area contributed by atoms with Gasteiger partial charge in [0.25, 0.3) is 11.1 Å². The first-order valence-corrected chi connectivity index (χ1v) is 11.1. The lowest BCUT2D eigenvalue weighted by atomic mass is 10.1. The fourth-order valence-corrected chi connectivity index (χ4v) is 4.40. The van der Waals surface area contributed by atoms with Gasteiger partial charge in [0.2, 0.25) is 0 Å². The Hall–Kier alpha value is -3.10. The molecule has 1 aliphatic rings. The van der Waals surface area contributed by atoms with E-state index in [9.17, 15) is 14.0 Å². The molecule has 0 N–H and O–H groups in total. The van der Waals surface area contributed by atoms with Gasteiger partial charge in [-0.2, -0.15) is 0 Å². The van der Waals surface area contributed by atoms with Gasteiger partial charge >= 0.3 is 0 Å². The van der Waals surface area contributed by atoms with Gasteiger partial charge in [-0.15, -0.1) is 0 Å². The number of halogens is 2. The molecule has 1 heterocycles. The van der Waals surface area contributed by atoms with E-state index < -0.39 is 0 Å². The van der Waals surface area contributed by atoms with Crippen molar-refractivity contribution in [2.24, 2.45) is 0 Å². The van der Waals surface area contributed by atoms with Crippen LogP contribution in [-0.2, 0) is 11.4 Å². The summed E-state index contributed by atoms with van der Waals surface area (Å²) >= 11 is 4.37. The molecule has 1 saturated heterocycles. The molecule has 0 bridgehead atoms. The Bertz CT molecular complexity index is 1220. The minimum Gasteiger partial charge on any atom is -0.493 e. The Balaban J connectivity index is 1.58. The summed E-state index contributed by atoms with van der Waals surface area (Å²) in [6.45, 7) is 0.163. The van der Waals surface area contributed by atoms with Crippen LogP contribution in [-0.4, -0.2) is 18.3 Å². The summed E-state index contributed by atoms with van der Waals surface area (Å²) in [5.41, 5.74) is 1.86. The maximum absolute atomic E-state index is 13.4. The second-order valence-corrected chi connectivity index (χ2v) is 8.64. The number of benzene rings is 3. The van der Waals surface area contributed by atoms with Crippen molar-refractivity contribution in [2.75, 3.05) is 12.0 Å². The molecule has 162 valence electrons. The number of thioether (sulfide) groups is 1. The smallest absolute Gasteiger partial charge is 0.298 e. The molecule has 0 spiro atoms. The molecular formula is C24H17BrFNO4S. The van der Waals surface area contributed by atoms with Crippen LogP contribution >= 0.6 is 27.7 Å². The normalized spacial score (nSPS) is 14.8. The van der Waals surface area contributed by atoms with Crippen molar-refractivity contribution in [3.8, 4) is 11.5 Å². The minimum atomic E-state index is -0.386. The first-order valence-electron chi connectivity index (χ1n) is 9.54. The van der Waals surface area contributed by atoms with E-state index in [1.807, 2.05) is 6.07 Å². The van der Waals surface area contributed by atoms with Gasteiger partial charge in [0, 0.05) is 4.47 Å². The molecule has 0 unspecified atom stereocenters. The number of hydrogen-bond acceptors (Lipinski definition) is 5. The molecule has 4 rings (SSSR count). The van der Waals surface area contributed by atoms with Gasteiger partial charge in [0.05, 0.1) is 17.7 Å². The van der Waals surface area contributed by atoms with E-state index in [1.54, 1.807) is 54.6 Å². The fourth-order valence-electron chi connectivity index (χ4n) is 3.13. The Labute approximate surface area is 197 Å². The maximum Gasteiger partial charge on any atom is 0.298 e. The Morgan fingerprint density at radius 1 is 1.03 bits per heavy atom. The van der Waals surface area contributed by atoms with Gasteiger partial charge in [-0.05, 0) is 65.4 Å². The molecule has 3 aromatic rings. The summed E-state index contributed by atoms with van der Waals surface area (Å²) < 4.78 is 25.3. The van der Waals surface area contributed by atoms with Crippen LogP contribution in [0.4, 0.5) is 14.9 Å². The van der Waals surface area contributed by atoms with E-state index in [1.165, 1.54) is 19.2 Å². The van der Waals surface area contributed by atoms with Gasteiger partial charge in [-0.1, -0.05) is 46.3 Å². The summed E-state index contributed by atoms with van der Waals surface area (Å²) in [5, 5.41) is -0.356. The lowest BCUT2D eigenvalue weighted by molar-refractivity contribution is -0.113. The Kier molecular flexibility index (Phi) is 6.62. The van der Waals surface area contributed by atoms with Crippen LogP contribution in [0.5, 0.6) is 11.5 Å². The summed E-state index contributed by atoms with van der Waals surface area (Å²) in [5.74, 6) is 0.179. The van der Waals surface area contributed by atoms with Crippen LogP contribution in [0.2, 0.25) is 0 Å². The molecule has 1 aliphatic heterocycles. The second kappa shape index (κ2) is 9.58. The summed E-state index contributed by atoms with van der Waals surface area (Å²) in [6, 6.07) is 18.4. The first-order chi connectivity index (χ1) is 15.5. The third-order valence-electron chi connectivity index (χ3n) is 4.66. The molecule has 0 radical (unpaired) electrons. The van der Waals surface area contributed by atoms with Crippen LogP contribution in [0.25, 0.3) is 6.08 Å². The van der Waals surface area contributed by atoms with Gasteiger partial charge in [0.1, 0.15) is 12.4 Å². The highest BCUT2D eigenvalue weighted by Gasteiger charge is 2.36. The average Bonchev–Trinajstić information content (AvgIpc) is 3.07. The minimum absolute atomic E-state index is 0.163. The standard InChI is InChI=1S/C24H17BrFNO4S/c1-30-20-11-16(19(25)13-21(20)31-14-15-6-5-7-17(26)10-15)12-22-23(28)27(24(29)32-22)18-8-3-2-4-9-18/h2-13H,14H2,1H3/b22-12-. The monoisotopic (exact) mass is 513 g/mol. The maximum atomic E-state index is 13.4. The van der Waals surface area contributed by atoms with Crippen LogP contribution in [0.15, 0.2) is 76.1 Å². The average molecular weight is 514 g/mol. The number of amides is 2. The lowest BCUT2D eigenvalue weighted by Crippen LogP contribution is -2.27. The van der Waals surface area contributed by atoms with E-state index >= 15 is 0 Å². The summed E-state index contributed by atoms with van der Waals surface area (Å²) in [6.07, 6.45) is 1.64. The quantitative estimate of drug-likeness (QED) is 0.356. The highest BCUT2D eigenvalue weighted by molar-refractivity contribution is 9.10. The fraction of sp³-hybridized carbons (Fsp3) is 0.0833. The van der Waals surface area contributed by atoms with E-state index in [0.29, 0.717) is 37.7 Å². The number of hydrogen-bond donors (Lipinski definition) is 0. The molecule has 0 atom stereocenters. The van der Waals surface area contributed by atoms with Gasteiger partial charge in [0.15, 0.2) is 11.5 Å². The number of imide groups is 1. The van der Waals surface area contributed by atoms with Crippen molar-refractivity contribution in [3.05, 3.63) is 93.1 Å². The summed E-state index contributed by atoms with van der Waals surface area (Å²) in [7, 11) is 1.51. The molecule has 3 aromatic carbocycles. The van der Waals surface area contributed by atoms with Crippen LogP contribution in [0.3, 0.4) is 0 Å². The van der Waals surface area contributed by atoms with Crippen molar-refractivity contribution in [3.63, 3.8) is 0 Å². The SMILES string of the molecule is COc1cc(/C=C2\SC(=O)N(c3ccccc3)C2=O)c(Br)cc1OCc1cccc(F)c1. The first kappa shape index (κ1) is 22.1. The van der Waals surface area contributed by atoms with Crippen molar-refractivity contribution in [2.45, 2.75) is 6.61 Å². The molecule has 5 nitrogen and oxygen atoms in total. The zero-order valence-corrected chi connectivity index (χ0v) is 19.3. The third kappa shape index (κ3) is 4.71. The molecule has 0 aromatic heterocycles. The second-order valence-electron chi connectivity index (χ2n) is 6.80. The van der Waals surface area contributed by atoms with Gasteiger partial charge < -0.3 is 9.47 Å². The van der Waals surface area contributed by atoms with Crippen molar-refractivity contribution >= 4 is 50.6 Å². The molecular weight excluding hydrogens is 497 g/mol. The lowest BCUT2D eigenvalue weighted by Gasteiger charge is -2.13. The molecule has 8 heteroatoms. The van der Waals surface area contributed by atoms with E-state index in [2.05, 4.69) is 15.9 Å². The van der Waals surface area contributed by atoms with Crippen LogP contribution < -0.4 is 14.4 Å². The van der Waals surface area contributed by atoms with E-state index in [-0.39, 0.29) is 23.6 Å². The number of carbonyl (C=O) groups is 2. The van der Waals surface area contributed by atoms with Gasteiger partial charge in [-0.25, -0.2) is 9.29 Å². The Morgan fingerprint density at radius 3 is 2.53 bits per heavy atom. The molecule has 0 saturated carbocycles. The zero-order valence-electron chi connectivity index (χ0n) is 16.9. The number of methoxy groups -OCH3 is 1.